The zero-order valence-corrected chi connectivity index (χ0v) is 17.7. The fourth-order valence-electron chi connectivity index (χ4n) is 4.89. The Bertz CT molecular complexity index is 725. The second kappa shape index (κ2) is 9.57. The Morgan fingerprint density at radius 3 is 2.48 bits per heavy atom. The molecule has 1 saturated carbocycles. The summed E-state index contributed by atoms with van der Waals surface area (Å²) in [6, 6.07) is 10.8. The van der Waals surface area contributed by atoms with Crippen LogP contribution in [0.1, 0.15) is 38.7 Å². The van der Waals surface area contributed by atoms with Crippen LogP contribution in [0.5, 0.6) is 0 Å². The van der Waals surface area contributed by atoms with Crippen LogP contribution in [0, 0.1) is 17.3 Å². The fraction of sp³-hybridized carbons (Fsp3) is 0.583. The van der Waals surface area contributed by atoms with E-state index in [-0.39, 0.29) is 11.9 Å². The number of aryl methyl sites for hydroxylation is 1. The summed E-state index contributed by atoms with van der Waals surface area (Å²) in [5.41, 5.74) is 3.11. The molecule has 1 aliphatic carbocycles. The molecule has 5 nitrogen and oxygen atoms in total. The molecule has 4 rings (SSSR count). The summed E-state index contributed by atoms with van der Waals surface area (Å²) in [4.78, 5) is 25.8. The van der Waals surface area contributed by atoms with Crippen molar-refractivity contribution in [2.24, 2.45) is 17.3 Å². The van der Waals surface area contributed by atoms with Crippen LogP contribution in [0.2, 0.25) is 0 Å². The van der Waals surface area contributed by atoms with Gasteiger partial charge in [0.2, 0.25) is 5.91 Å². The maximum atomic E-state index is 12.7. The van der Waals surface area contributed by atoms with Gasteiger partial charge in [-0.1, -0.05) is 42.0 Å². The molecule has 2 saturated heterocycles. The van der Waals surface area contributed by atoms with Crippen molar-refractivity contribution in [1.29, 1.82) is 0 Å². The van der Waals surface area contributed by atoms with Crippen LogP contribution in [-0.4, -0.2) is 60.0 Å². The van der Waals surface area contributed by atoms with Crippen LogP contribution in [0.25, 0.3) is 0 Å². The highest BCUT2D eigenvalue weighted by atomic mass is 16.3. The van der Waals surface area contributed by atoms with Gasteiger partial charge in [-0.2, -0.15) is 0 Å². The van der Waals surface area contributed by atoms with Gasteiger partial charge >= 0.3 is 0 Å². The number of fused-ring (bicyclic) bond motifs is 1. The van der Waals surface area contributed by atoms with Crippen molar-refractivity contribution in [3.8, 4) is 0 Å². The lowest BCUT2D eigenvalue weighted by Gasteiger charge is -2.29. The molecule has 0 radical (unpaired) electrons. The maximum Gasteiger partial charge on any atom is 0.290 e. The Balaban J connectivity index is 0.000000755. The molecule has 0 bridgehead atoms. The monoisotopic (exact) mass is 398 g/mol. The Labute approximate surface area is 174 Å². The van der Waals surface area contributed by atoms with E-state index >= 15 is 0 Å². The topological polar surface area (TPSA) is 60.9 Å². The van der Waals surface area contributed by atoms with Gasteiger partial charge in [-0.25, -0.2) is 0 Å². The Morgan fingerprint density at radius 1 is 1.17 bits per heavy atom. The molecule has 5 heteroatoms. The van der Waals surface area contributed by atoms with Crippen LogP contribution in [0.15, 0.2) is 42.0 Å². The van der Waals surface area contributed by atoms with Gasteiger partial charge in [0.05, 0.1) is 0 Å². The van der Waals surface area contributed by atoms with Gasteiger partial charge in [-0.3, -0.25) is 14.5 Å². The predicted octanol–water partition coefficient (Wildman–Crippen LogP) is 3.46. The number of hydrogen-bond donors (Lipinski definition) is 1. The molecule has 1 amide bonds. The predicted molar refractivity (Wildman–Crippen MR) is 115 cm³/mol. The molecule has 0 aromatic heterocycles. The Hall–Kier alpha value is -2.14. The highest BCUT2D eigenvalue weighted by molar-refractivity contribution is 5.81. The lowest BCUT2D eigenvalue weighted by molar-refractivity contribution is -0.132. The van der Waals surface area contributed by atoms with Crippen molar-refractivity contribution in [3.63, 3.8) is 0 Å². The molecule has 1 aromatic rings. The van der Waals surface area contributed by atoms with E-state index in [0.717, 1.165) is 52.0 Å². The molecule has 2 atom stereocenters. The van der Waals surface area contributed by atoms with Crippen molar-refractivity contribution in [2.75, 3.05) is 32.7 Å². The van der Waals surface area contributed by atoms with Gasteiger partial charge < -0.3 is 10.0 Å². The quantitative estimate of drug-likeness (QED) is 0.589. The molecule has 29 heavy (non-hydrogen) atoms. The SMILES string of the molecule is CC(C)=CCN1CC2CN(C(=O)C3CC3)CC2(CCc2ccccc2)C1.O=CO. The number of amides is 1. The standard InChI is InChI=1S/C23H32N2O.CH2O2/c1-18(2)11-13-24-14-21-15-25(22(26)20-8-9-20)17-23(21,16-24)12-10-19-6-4-3-5-7-19;2-1-3/h3-7,11,20-21H,8-10,12-17H2,1-2H3;1H,(H,2,3). The van der Waals surface area contributed by atoms with Crippen molar-refractivity contribution in [2.45, 2.75) is 39.5 Å². The number of rotatable bonds is 6. The number of hydrogen-bond acceptors (Lipinski definition) is 3. The number of likely N-dealkylation sites (tertiary alicyclic amines) is 2. The van der Waals surface area contributed by atoms with Crippen LogP contribution >= 0.6 is 0 Å². The molecule has 1 aromatic carbocycles. The number of carbonyl (C=O) groups excluding carboxylic acids is 1. The first-order valence-electron chi connectivity index (χ1n) is 10.7. The molecular weight excluding hydrogens is 364 g/mol. The van der Waals surface area contributed by atoms with E-state index in [1.165, 1.54) is 17.6 Å². The molecule has 3 aliphatic rings. The molecule has 0 spiro atoms. The third kappa shape index (κ3) is 5.47. The van der Waals surface area contributed by atoms with Gasteiger partial charge in [0, 0.05) is 44.1 Å². The first-order valence-corrected chi connectivity index (χ1v) is 10.7. The van der Waals surface area contributed by atoms with Gasteiger partial charge in [0.1, 0.15) is 0 Å². The van der Waals surface area contributed by atoms with E-state index in [1.807, 2.05) is 0 Å². The van der Waals surface area contributed by atoms with Gasteiger partial charge in [-0.15, -0.1) is 0 Å². The molecule has 1 N–H and O–H groups in total. The lowest BCUT2D eigenvalue weighted by Crippen LogP contribution is -2.37. The van der Waals surface area contributed by atoms with E-state index in [9.17, 15) is 4.79 Å². The highest BCUT2D eigenvalue weighted by Crippen LogP contribution is 2.47. The molecule has 2 unspecified atom stereocenters. The first kappa shape index (κ1) is 21.6. The zero-order chi connectivity index (χ0) is 20.9. The molecule has 3 fully saturated rings. The van der Waals surface area contributed by atoms with E-state index in [0.29, 0.717) is 17.7 Å². The Kier molecular flexibility index (Phi) is 7.12. The summed E-state index contributed by atoms with van der Waals surface area (Å²) in [7, 11) is 0. The average Bonchev–Trinajstić information content (AvgIpc) is 3.41. The average molecular weight is 399 g/mol. The van der Waals surface area contributed by atoms with Gasteiger partial charge in [-0.05, 0) is 51.0 Å². The summed E-state index contributed by atoms with van der Waals surface area (Å²) in [6.45, 7) is 9.41. The highest BCUT2D eigenvalue weighted by Gasteiger charge is 2.53. The molecule has 2 heterocycles. The van der Waals surface area contributed by atoms with E-state index in [1.54, 1.807) is 0 Å². The van der Waals surface area contributed by atoms with Crippen molar-refractivity contribution in [1.82, 2.24) is 9.80 Å². The summed E-state index contributed by atoms with van der Waals surface area (Å²) >= 11 is 0. The minimum absolute atomic E-state index is 0.250. The van der Waals surface area contributed by atoms with Gasteiger partial charge in [0.15, 0.2) is 0 Å². The summed E-state index contributed by atoms with van der Waals surface area (Å²) < 4.78 is 0. The Morgan fingerprint density at radius 2 is 1.86 bits per heavy atom. The number of carboxylic acid groups (broad SMARTS) is 1. The van der Waals surface area contributed by atoms with Crippen LogP contribution in [0.4, 0.5) is 0 Å². The number of carbonyl (C=O) groups is 2. The van der Waals surface area contributed by atoms with Crippen molar-refractivity contribution in [3.05, 3.63) is 47.5 Å². The van der Waals surface area contributed by atoms with Crippen LogP contribution in [-0.2, 0) is 16.0 Å². The largest absolute Gasteiger partial charge is 0.483 e. The smallest absolute Gasteiger partial charge is 0.290 e. The van der Waals surface area contributed by atoms with Gasteiger partial charge in [0.25, 0.3) is 6.47 Å². The maximum absolute atomic E-state index is 12.7. The second-order valence-corrected chi connectivity index (χ2v) is 9.12. The molecule has 2 aliphatic heterocycles. The molecular formula is C24H34N2O3. The van der Waals surface area contributed by atoms with E-state index in [4.69, 9.17) is 9.90 Å². The number of allylic oxidation sites excluding steroid dienone is 1. The van der Waals surface area contributed by atoms with Crippen LogP contribution < -0.4 is 0 Å². The fourth-order valence-corrected chi connectivity index (χ4v) is 4.89. The zero-order valence-electron chi connectivity index (χ0n) is 17.7. The minimum Gasteiger partial charge on any atom is -0.483 e. The number of nitrogens with zero attached hydrogens (tertiary/aromatic N) is 2. The summed E-state index contributed by atoms with van der Waals surface area (Å²) in [5, 5.41) is 6.89. The lowest BCUT2D eigenvalue weighted by atomic mass is 9.76. The first-order chi connectivity index (χ1) is 14.0. The van der Waals surface area contributed by atoms with E-state index in [2.05, 4.69) is 60.1 Å². The van der Waals surface area contributed by atoms with Crippen molar-refractivity contribution >= 4 is 12.4 Å². The molecule has 158 valence electrons. The summed E-state index contributed by atoms with van der Waals surface area (Å²) in [6.07, 6.45) is 6.90. The van der Waals surface area contributed by atoms with Crippen LogP contribution in [0.3, 0.4) is 0 Å². The third-order valence-electron chi connectivity index (χ3n) is 6.58. The third-order valence-corrected chi connectivity index (χ3v) is 6.58. The normalized spacial score (nSPS) is 25.7. The number of benzene rings is 1. The van der Waals surface area contributed by atoms with E-state index < -0.39 is 0 Å². The summed E-state index contributed by atoms with van der Waals surface area (Å²) in [5.74, 6) is 1.43. The van der Waals surface area contributed by atoms with Crippen molar-refractivity contribution < 1.29 is 14.7 Å². The second-order valence-electron chi connectivity index (χ2n) is 9.12. The minimum atomic E-state index is -0.250.